The molecule has 0 fully saturated rings. The molecule has 0 heterocycles. The standard InChI is InChI=1S/C12H15ClFNO3/c1-18-5-4-9(7-13)15-12(17)10-6-8(14)2-3-11(10)16/h2-3,6,9,16H,4-5,7H2,1H3,(H,15,17). The summed E-state index contributed by atoms with van der Waals surface area (Å²) in [5.74, 6) is -1.20. The van der Waals surface area contributed by atoms with Crippen molar-refractivity contribution in [2.75, 3.05) is 19.6 Å². The number of benzene rings is 1. The van der Waals surface area contributed by atoms with Crippen LogP contribution in [0.5, 0.6) is 5.75 Å². The second-order valence-corrected chi connectivity index (χ2v) is 4.08. The highest BCUT2D eigenvalue weighted by Gasteiger charge is 2.16. The number of methoxy groups -OCH3 is 1. The number of aromatic hydroxyl groups is 1. The Hall–Kier alpha value is -1.33. The number of rotatable bonds is 6. The summed E-state index contributed by atoms with van der Waals surface area (Å²) in [5.41, 5.74) is -0.109. The van der Waals surface area contributed by atoms with Crippen LogP contribution in [0.1, 0.15) is 16.8 Å². The van der Waals surface area contributed by atoms with Gasteiger partial charge in [0.15, 0.2) is 0 Å². The molecule has 6 heteroatoms. The minimum Gasteiger partial charge on any atom is -0.507 e. The van der Waals surface area contributed by atoms with Gasteiger partial charge in [0.25, 0.3) is 5.91 Å². The van der Waals surface area contributed by atoms with Crippen LogP contribution in [-0.4, -0.2) is 36.7 Å². The number of hydrogen-bond donors (Lipinski definition) is 2. The minimum absolute atomic E-state index is 0.109. The molecule has 2 N–H and O–H groups in total. The monoisotopic (exact) mass is 275 g/mol. The number of carbonyl (C=O) groups excluding carboxylic acids is 1. The van der Waals surface area contributed by atoms with Crippen molar-refractivity contribution < 1.29 is 19.0 Å². The Morgan fingerprint density at radius 3 is 2.94 bits per heavy atom. The van der Waals surface area contributed by atoms with E-state index in [1.165, 1.54) is 0 Å². The average Bonchev–Trinajstić information content (AvgIpc) is 2.37. The zero-order valence-corrected chi connectivity index (χ0v) is 10.7. The first-order chi connectivity index (χ1) is 8.58. The Balaban J connectivity index is 2.71. The largest absolute Gasteiger partial charge is 0.507 e. The van der Waals surface area contributed by atoms with Crippen molar-refractivity contribution >= 4 is 17.5 Å². The number of nitrogens with one attached hydrogen (secondary N) is 1. The maximum Gasteiger partial charge on any atom is 0.255 e. The number of halogens is 2. The molecular formula is C12H15ClFNO3. The molecule has 18 heavy (non-hydrogen) atoms. The highest BCUT2D eigenvalue weighted by atomic mass is 35.5. The Labute approximate surface area is 110 Å². The first-order valence-electron chi connectivity index (χ1n) is 5.42. The summed E-state index contributed by atoms with van der Waals surface area (Å²) >= 11 is 5.70. The fourth-order valence-corrected chi connectivity index (χ4v) is 1.63. The second kappa shape index (κ2) is 7.18. The van der Waals surface area contributed by atoms with Crippen molar-refractivity contribution in [2.45, 2.75) is 12.5 Å². The maximum atomic E-state index is 13.0. The zero-order valence-electron chi connectivity index (χ0n) is 9.95. The molecule has 0 aliphatic rings. The van der Waals surface area contributed by atoms with Crippen LogP contribution in [0, 0.1) is 5.82 Å². The van der Waals surface area contributed by atoms with Crippen molar-refractivity contribution in [3.05, 3.63) is 29.6 Å². The van der Waals surface area contributed by atoms with Gasteiger partial charge in [0.2, 0.25) is 0 Å². The average molecular weight is 276 g/mol. The van der Waals surface area contributed by atoms with E-state index in [0.29, 0.717) is 13.0 Å². The van der Waals surface area contributed by atoms with Crippen molar-refractivity contribution in [3.8, 4) is 5.75 Å². The normalized spacial score (nSPS) is 12.2. The van der Waals surface area contributed by atoms with Gasteiger partial charge < -0.3 is 15.2 Å². The van der Waals surface area contributed by atoms with Crippen molar-refractivity contribution in [3.63, 3.8) is 0 Å². The van der Waals surface area contributed by atoms with E-state index >= 15 is 0 Å². The third-order valence-corrected chi connectivity index (χ3v) is 2.77. The fraction of sp³-hybridized carbons (Fsp3) is 0.417. The SMILES string of the molecule is COCCC(CCl)NC(=O)c1cc(F)ccc1O. The van der Waals surface area contributed by atoms with Gasteiger partial charge in [-0.25, -0.2) is 4.39 Å². The molecule has 1 aromatic carbocycles. The van der Waals surface area contributed by atoms with E-state index in [4.69, 9.17) is 16.3 Å². The molecule has 1 unspecified atom stereocenters. The molecule has 0 bridgehead atoms. The van der Waals surface area contributed by atoms with Crippen LogP contribution in [0.3, 0.4) is 0 Å². The quantitative estimate of drug-likeness (QED) is 0.780. The highest BCUT2D eigenvalue weighted by molar-refractivity contribution is 6.18. The van der Waals surface area contributed by atoms with Gasteiger partial charge >= 0.3 is 0 Å². The molecule has 1 amide bonds. The van der Waals surface area contributed by atoms with Gasteiger partial charge in [0.05, 0.1) is 5.56 Å². The summed E-state index contributed by atoms with van der Waals surface area (Å²) in [5, 5.41) is 12.1. The summed E-state index contributed by atoms with van der Waals surface area (Å²) < 4.78 is 17.9. The Morgan fingerprint density at radius 1 is 1.61 bits per heavy atom. The number of phenolic OH excluding ortho intramolecular Hbond substituents is 1. The summed E-state index contributed by atoms with van der Waals surface area (Å²) in [7, 11) is 1.55. The van der Waals surface area contributed by atoms with Gasteiger partial charge in [-0.15, -0.1) is 11.6 Å². The van der Waals surface area contributed by atoms with E-state index in [-0.39, 0.29) is 23.2 Å². The summed E-state index contributed by atoms with van der Waals surface area (Å²) in [4.78, 5) is 11.8. The van der Waals surface area contributed by atoms with Gasteiger partial charge in [-0.1, -0.05) is 0 Å². The molecule has 0 aliphatic carbocycles. The minimum atomic E-state index is -0.586. The van der Waals surface area contributed by atoms with Crippen molar-refractivity contribution in [1.82, 2.24) is 5.32 Å². The van der Waals surface area contributed by atoms with Crippen LogP contribution in [0.2, 0.25) is 0 Å². The third-order valence-electron chi connectivity index (χ3n) is 2.40. The molecule has 0 saturated heterocycles. The van der Waals surface area contributed by atoms with Crippen LogP contribution in [-0.2, 0) is 4.74 Å². The zero-order chi connectivity index (χ0) is 13.5. The van der Waals surface area contributed by atoms with E-state index in [9.17, 15) is 14.3 Å². The van der Waals surface area contributed by atoms with E-state index in [1.807, 2.05) is 0 Å². The Kier molecular flexibility index (Phi) is 5.88. The molecule has 0 saturated carbocycles. The lowest BCUT2D eigenvalue weighted by atomic mass is 10.1. The van der Waals surface area contributed by atoms with Crippen molar-refractivity contribution in [2.24, 2.45) is 0 Å². The molecule has 0 aliphatic heterocycles. The second-order valence-electron chi connectivity index (χ2n) is 3.77. The Bertz CT molecular complexity index is 414. The number of phenols is 1. The number of alkyl halides is 1. The van der Waals surface area contributed by atoms with Crippen LogP contribution < -0.4 is 5.32 Å². The lowest BCUT2D eigenvalue weighted by Gasteiger charge is -2.16. The number of hydrogen-bond acceptors (Lipinski definition) is 3. The number of amides is 1. The highest BCUT2D eigenvalue weighted by Crippen LogP contribution is 2.17. The van der Waals surface area contributed by atoms with E-state index in [0.717, 1.165) is 18.2 Å². The first kappa shape index (κ1) is 14.7. The predicted octanol–water partition coefficient (Wildman–Crippen LogP) is 1.90. The van der Waals surface area contributed by atoms with Gasteiger partial charge in [0, 0.05) is 25.6 Å². The van der Waals surface area contributed by atoms with Crippen LogP contribution in [0.25, 0.3) is 0 Å². The summed E-state index contributed by atoms with van der Waals surface area (Å²) in [6, 6.07) is 2.90. The summed E-state index contributed by atoms with van der Waals surface area (Å²) in [6.45, 7) is 0.451. The fourth-order valence-electron chi connectivity index (χ4n) is 1.40. The van der Waals surface area contributed by atoms with E-state index in [2.05, 4.69) is 5.32 Å². The smallest absolute Gasteiger partial charge is 0.255 e. The summed E-state index contributed by atoms with van der Waals surface area (Å²) in [6.07, 6.45) is 0.543. The lowest BCUT2D eigenvalue weighted by Crippen LogP contribution is -2.37. The molecule has 0 radical (unpaired) electrons. The molecule has 1 aromatic rings. The maximum absolute atomic E-state index is 13.0. The van der Waals surface area contributed by atoms with E-state index in [1.54, 1.807) is 7.11 Å². The molecular weight excluding hydrogens is 261 g/mol. The van der Waals surface area contributed by atoms with Crippen LogP contribution >= 0.6 is 11.6 Å². The van der Waals surface area contributed by atoms with Gasteiger partial charge in [-0.2, -0.15) is 0 Å². The van der Waals surface area contributed by atoms with E-state index < -0.39 is 11.7 Å². The topological polar surface area (TPSA) is 58.6 Å². The van der Waals surface area contributed by atoms with Crippen LogP contribution in [0.4, 0.5) is 4.39 Å². The number of carbonyl (C=O) groups is 1. The van der Waals surface area contributed by atoms with Crippen LogP contribution in [0.15, 0.2) is 18.2 Å². The number of ether oxygens (including phenoxy) is 1. The molecule has 100 valence electrons. The molecule has 0 aromatic heterocycles. The van der Waals surface area contributed by atoms with Crippen molar-refractivity contribution in [1.29, 1.82) is 0 Å². The van der Waals surface area contributed by atoms with Gasteiger partial charge in [-0.3, -0.25) is 4.79 Å². The van der Waals surface area contributed by atoms with Gasteiger partial charge in [0.1, 0.15) is 11.6 Å². The van der Waals surface area contributed by atoms with Gasteiger partial charge in [-0.05, 0) is 24.6 Å². The molecule has 0 spiro atoms. The first-order valence-corrected chi connectivity index (χ1v) is 5.96. The predicted molar refractivity (Wildman–Crippen MR) is 66.5 cm³/mol. The molecule has 1 atom stereocenters. The Morgan fingerprint density at radius 2 is 2.33 bits per heavy atom. The lowest BCUT2D eigenvalue weighted by molar-refractivity contribution is 0.0927. The molecule has 4 nitrogen and oxygen atoms in total. The third kappa shape index (κ3) is 4.16. The molecule has 1 rings (SSSR count).